The zero-order chi connectivity index (χ0) is 19.3. The molecule has 0 bridgehead atoms. The molecule has 0 radical (unpaired) electrons. The maximum atomic E-state index is 12.1. The lowest BCUT2D eigenvalue weighted by molar-refractivity contribution is -0.114. The number of ketones is 1. The lowest BCUT2D eigenvalue weighted by atomic mass is 9.87. The Balaban J connectivity index is 2.35. The third kappa shape index (κ3) is 4.64. The van der Waals surface area contributed by atoms with Crippen molar-refractivity contribution in [2.24, 2.45) is 10.9 Å². The Morgan fingerprint density at radius 1 is 1.19 bits per heavy atom. The quantitative estimate of drug-likeness (QED) is 0.407. The number of hydrogen-bond donors (Lipinski definition) is 0. The number of Topliss-reactive ketones (excluding diaryl/α,β-unsaturated/α-hetero) is 1. The van der Waals surface area contributed by atoms with E-state index in [2.05, 4.69) is 6.08 Å². The van der Waals surface area contributed by atoms with Crippen molar-refractivity contribution >= 4 is 12.0 Å². The normalized spacial score (nSPS) is 24.1. The molecule has 1 aliphatic heterocycles. The second kappa shape index (κ2) is 9.17. The van der Waals surface area contributed by atoms with Crippen molar-refractivity contribution < 1.29 is 9.53 Å². The Hall–Kier alpha value is -1.88. The number of hydrogen-bond acceptors (Lipinski definition) is 5. The van der Waals surface area contributed by atoms with Crippen LogP contribution < -0.4 is 0 Å². The molecule has 0 aromatic heterocycles. The van der Waals surface area contributed by atoms with Gasteiger partial charge in [-0.15, -0.1) is 0 Å². The summed E-state index contributed by atoms with van der Waals surface area (Å²) in [5.74, 6) is 1.39. The molecule has 5 heteroatoms. The number of methoxy groups -OCH3 is 1. The van der Waals surface area contributed by atoms with E-state index in [1.54, 1.807) is 20.3 Å². The van der Waals surface area contributed by atoms with E-state index in [4.69, 9.17) is 9.73 Å². The Kier molecular flexibility index (Phi) is 7.21. The number of likely N-dealkylation sites (N-methyl/N-ethyl adjacent to an activating group) is 1. The van der Waals surface area contributed by atoms with Crippen LogP contribution in [-0.2, 0) is 9.53 Å². The van der Waals surface area contributed by atoms with Crippen molar-refractivity contribution in [3.63, 3.8) is 0 Å². The van der Waals surface area contributed by atoms with E-state index in [9.17, 15) is 4.79 Å². The van der Waals surface area contributed by atoms with Crippen molar-refractivity contribution in [2.75, 3.05) is 21.2 Å². The highest BCUT2D eigenvalue weighted by molar-refractivity contribution is 5.96. The van der Waals surface area contributed by atoms with Crippen LogP contribution in [-0.4, -0.2) is 49.3 Å². The van der Waals surface area contributed by atoms with E-state index in [-0.39, 0.29) is 11.8 Å². The molecule has 0 N–H and O–H groups in total. The van der Waals surface area contributed by atoms with Crippen molar-refractivity contribution in [3.05, 3.63) is 34.9 Å². The summed E-state index contributed by atoms with van der Waals surface area (Å²) in [5, 5.41) is 3.98. The van der Waals surface area contributed by atoms with Crippen LogP contribution >= 0.6 is 0 Å². The van der Waals surface area contributed by atoms with Crippen LogP contribution in [0.1, 0.15) is 52.9 Å². The van der Waals surface area contributed by atoms with E-state index >= 15 is 0 Å². The average Bonchev–Trinajstić information content (AvgIpc) is 2.83. The molecule has 1 unspecified atom stereocenters. The minimum absolute atomic E-state index is 0.0334. The Bertz CT molecular complexity index is 640. The van der Waals surface area contributed by atoms with E-state index in [0.29, 0.717) is 5.92 Å². The zero-order valence-corrected chi connectivity index (χ0v) is 17.1. The molecule has 1 heterocycles. The number of carbonyl (C=O) groups excluding carboxylic acids is 1. The van der Waals surface area contributed by atoms with Crippen molar-refractivity contribution in [2.45, 2.75) is 58.9 Å². The molecule has 1 fully saturated rings. The van der Waals surface area contributed by atoms with Gasteiger partial charge in [-0.25, -0.2) is 10.0 Å². The molecular weight excluding hydrogens is 326 g/mol. The zero-order valence-electron chi connectivity index (χ0n) is 17.1. The molecule has 144 valence electrons. The molecule has 0 aromatic carbocycles. The summed E-state index contributed by atoms with van der Waals surface area (Å²) in [6.07, 6.45) is 12.4. The molecule has 1 atom stereocenters. The monoisotopic (exact) mass is 359 g/mol. The van der Waals surface area contributed by atoms with Gasteiger partial charge in [0.1, 0.15) is 0 Å². The second-order valence-electron chi connectivity index (χ2n) is 7.38. The molecule has 1 aliphatic carbocycles. The Labute approximate surface area is 158 Å². The summed E-state index contributed by atoms with van der Waals surface area (Å²) in [6, 6.07) is 0.0334. The van der Waals surface area contributed by atoms with Gasteiger partial charge in [-0.2, -0.15) is 0 Å². The number of ether oxygens (including phenoxy) is 1. The van der Waals surface area contributed by atoms with E-state index in [0.717, 1.165) is 22.5 Å². The van der Waals surface area contributed by atoms with Crippen LogP contribution in [0.5, 0.6) is 0 Å². The van der Waals surface area contributed by atoms with E-state index < -0.39 is 0 Å². The van der Waals surface area contributed by atoms with E-state index in [1.165, 1.54) is 32.1 Å². The molecule has 0 spiro atoms. The molecule has 0 aromatic rings. The maximum Gasteiger partial charge on any atom is 0.161 e. The maximum absolute atomic E-state index is 12.1. The average molecular weight is 360 g/mol. The minimum Gasteiger partial charge on any atom is -0.504 e. The molecule has 26 heavy (non-hydrogen) atoms. The first-order valence-electron chi connectivity index (χ1n) is 9.54. The number of hydrazine groups is 1. The smallest absolute Gasteiger partial charge is 0.161 e. The van der Waals surface area contributed by atoms with Gasteiger partial charge in [-0.3, -0.25) is 9.80 Å². The van der Waals surface area contributed by atoms with Crippen LogP contribution in [0.3, 0.4) is 0 Å². The summed E-state index contributed by atoms with van der Waals surface area (Å²) in [7, 11) is 5.59. The van der Waals surface area contributed by atoms with Crippen LogP contribution in [0.4, 0.5) is 0 Å². The molecular formula is C21H33N3O2. The minimum atomic E-state index is 0.0334. The lowest BCUT2D eigenvalue weighted by Gasteiger charge is -2.25. The molecule has 2 aliphatic rings. The molecule has 1 saturated carbocycles. The fourth-order valence-electron chi connectivity index (χ4n) is 3.77. The van der Waals surface area contributed by atoms with Gasteiger partial charge < -0.3 is 4.74 Å². The van der Waals surface area contributed by atoms with Crippen LogP contribution in [0.25, 0.3) is 0 Å². The van der Waals surface area contributed by atoms with Gasteiger partial charge in [0, 0.05) is 20.3 Å². The van der Waals surface area contributed by atoms with Crippen molar-refractivity contribution in [1.29, 1.82) is 0 Å². The standard InChI is InChI=1S/C21H33N3O2/c1-15(14-26-6)19(12-18-10-8-7-9-11-18)13-22-21-20(17(3)25)16(2)23(4)24(21)5/h12-14,16,18H,7-11H2,1-6H3/b15-14+,19-12-,22-13-. The highest BCUT2D eigenvalue weighted by Gasteiger charge is 2.33. The molecule has 0 amide bonds. The topological polar surface area (TPSA) is 45.1 Å². The highest BCUT2D eigenvalue weighted by Crippen LogP contribution is 2.29. The predicted octanol–water partition coefficient (Wildman–Crippen LogP) is 4.10. The van der Waals surface area contributed by atoms with Crippen molar-refractivity contribution in [1.82, 2.24) is 10.0 Å². The number of rotatable bonds is 6. The third-order valence-corrected chi connectivity index (χ3v) is 5.52. The number of allylic oxidation sites excluding steroid dienone is 3. The van der Waals surface area contributed by atoms with Crippen LogP contribution in [0.2, 0.25) is 0 Å². The number of carbonyl (C=O) groups is 1. The molecule has 5 nitrogen and oxygen atoms in total. The first-order valence-corrected chi connectivity index (χ1v) is 9.54. The molecule has 0 saturated heterocycles. The van der Waals surface area contributed by atoms with Crippen molar-refractivity contribution in [3.8, 4) is 0 Å². The second-order valence-corrected chi connectivity index (χ2v) is 7.38. The fourth-order valence-corrected chi connectivity index (χ4v) is 3.77. The fraction of sp³-hybridized carbons (Fsp3) is 0.619. The van der Waals surface area contributed by atoms with Gasteiger partial charge in [-0.1, -0.05) is 25.3 Å². The van der Waals surface area contributed by atoms with Gasteiger partial charge in [0.15, 0.2) is 11.6 Å². The summed E-state index contributed by atoms with van der Waals surface area (Å²) in [5.41, 5.74) is 2.88. The summed E-state index contributed by atoms with van der Waals surface area (Å²) in [4.78, 5) is 16.9. The number of nitrogens with zero attached hydrogens (tertiary/aromatic N) is 3. The first kappa shape index (κ1) is 20.4. The first-order chi connectivity index (χ1) is 12.4. The Morgan fingerprint density at radius 2 is 1.85 bits per heavy atom. The van der Waals surface area contributed by atoms with Gasteiger partial charge in [0.05, 0.1) is 25.0 Å². The summed E-state index contributed by atoms with van der Waals surface area (Å²) >= 11 is 0. The third-order valence-electron chi connectivity index (χ3n) is 5.52. The number of aliphatic imine (C=N–C) groups is 1. The summed E-state index contributed by atoms with van der Waals surface area (Å²) in [6.45, 7) is 5.69. The highest BCUT2D eigenvalue weighted by atomic mass is 16.5. The van der Waals surface area contributed by atoms with E-state index in [1.807, 2.05) is 44.2 Å². The van der Waals surface area contributed by atoms with Gasteiger partial charge in [-0.05, 0) is 50.7 Å². The van der Waals surface area contributed by atoms with Crippen LogP contribution in [0.15, 0.2) is 39.9 Å². The SMILES string of the molecule is CO/C=C(C)/C(/C=N\C1=C(C(C)=O)C(C)N(C)N1C)=C\C1CCCCC1. The Morgan fingerprint density at radius 3 is 2.42 bits per heavy atom. The van der Waals surface area contributed by atoms with Crippen LogP contribution in [0, 0.1) is 5.92 Å². The lowest BCUT2D eigenvalue weighted by Crippen LogP contribution is -2.35. The summed E-state index contributed by atoms with van der Waals surface area (Å²) < 4.78 is 5.21. The van der Waals surface area contributed by atoms with Gasteiger partial charge >= 0.3 is 0 Å². The largest absolute Gasteiger partial charge is 0.504 e. The van der Waals surface area contributed by atoms with Gasteiger partial charge in [0.2, 0.25) is 0 Å². The van der Waals surface area contributed by atoms with Gasteiger partial charge in [0.25, 0.3) is 0 Å². The molecule has 2 rings (SSSR count). The predicted molar refractivity (Wildman–Crippen MR) is 107 cm³/mol.